The summed E-state index contributed by atoms with van der Waals surface area (Å²) >= 11 is 0. The first kappa shape index (κ1) is 13.0. The van der Waals surface area contributed by atoms with Crippen LogP contribution in [-0.4, -0.2) is 37.6 Å². The van der Waals surface area contributed by atoms with Gasteiger partial charge in [-0.25, -0.2) is 0 Å². The lowest BCUT2D eigenvalue weighted by Gasteiger charge is -2.13. The van der Waals surface area contributed by atoms with Gasteiger partial charge in [-0.1, -0.05) is 6.07 Å². The zero-order chi connectivity index (χ0) is 13.0. The number of anilines is 1. The van der Waals surface area contributed by atoms with Crippen LogP contribution in [0.15, 0.2) is 18.2 Å². The number of hydrogen-bond donors (Lipinski definition) is 2. The average molecular weight is 249 g/mol. The Morgan fingerprint density at radius 3 is 2.94 bits per heavy atom. The zero-order valence-corrected chi connectivity index (χ0v) is 10.6. The Balaban J connectivity index is 2.00. The summed E-state index contributed by atoms with van der Waals surface area (Å²) in [6.07, 6.45) is 0. The Hall–Kier alpha value is -1.43. The summed E-state index contributed by atoms with van der Waals surface area (Å²) in [7, 11) is 1.71. The van der Waals surface area contributed by atoms with Crippen molar-refractivity contribution in [3.63, 3.8) is 0 Å². The van der Waals surface area contributed by atoms with Gasteiger partial charge in [0.2, 0.25) is 5.91 Å². The van der Waals surface area contributed by atoms with E-state index in [1.165, 1.54) is 11.1 Å². The minimum Gasteiger partial charge on any atom is -0.383 e. The van der Waals surface area contributed by atoms with Crippen LogP contribution in [0, 0.1) is 0 Å². The molecule has 5 heteroatoms. The molecule has 0 saturated heterocycles. The van der Waals surface area contributed by atoms with E-state index >= 15 is 0 Å². The van der Waals surface area contributed by atoms with Crippen LogP contribution >= 0.6 is 0 Å². The number of amides is 1. The molecule has 0 spiro atoms. The molecule has 98 valence electrons. The van der Waals surface area contributed by atoms with Crippen molar-refractivity contribution in [1.82, 2.24) is 4.90 Å². The summed E-state index contributed by atoms with van der Waals surface area (Å²) in [5.41, 5.74) is 8.67. The molecule has 1 aliphatic heterocycles. The third kappa shape index (κ3) is 3.07. The predicted octanol–water partition coefficient (Wildman–Crippen LogP) is 0.546. The van der Waals surface area contributed by atoms with E-state index in [1.807, 2.05) is 12.1 Å². The van der Waals surface area contributed by atoms with E-state index in [0.29, 0.717) is 0 Å². The van der Waals surface area contributed by atoms with Gasteiger partial charge in [0.25, 0.3) is 0 Å². The lowest BCUT2D eigenvalue weighted by atomic mass is 10.1. The minimum absolute atomic E-state index is 0.0110. The van der Waals surface area contributed by atoms with Crippen LogP contribution in [-0.2, 0) is 22.6 Å². The third-order valence-corrected chi connectivity index (χ3v) is 3.07. The molecular formula is C13H19N3O2. The van der Waals surface area contributed by atoms with Crippen LogP contribution in [0.25, 0.3) is 0 Å². The van der Waals surface area contributed by atoms with Crippen molar-refractivity contribution in [2.75, 3.05) is 32.1 Å². The standard InChI is InChI=1S/C13H19N3O2/c1-18-5-4-16-8-10-2-3-12(6-11(10)9-16)15-13(17)7-14/h2-3,6H,4-5,7-9,14H2,1H3,(H,15,17). The van der Waals surface area contributed by atoms with Gasteiger partial charge in [-0.05, 0) is 23.3 Å². The van der Waals surface area contributed by atoms with E-state index in [4.69, 9.17) is 10.5 Å². The first-order valence-corrected chi connectivity index (χ1v) is 6.06. The second-order valence-corrected chi connectivity index (χ2v) is 4.44. The number of methoxy groups -OCH3 is 1. The van der Waals surface area contributed by atoms with E-state index < -0.39 is 0 Å². The summed E-state index contributed by atoms with van der Waals surface area (Å²) in [4.78, 5) is 13.5. The highest BCUT2D eigenvalue weighted by Crippen LogP contribution is 2.25. The number of carbonyl (C=O) groups excluding carboxylic acids is 1. The normalized spacial score (nSPS) is 14.6. The number of carbonyl (C=O) groups is 1. The summed E-state index contributed by atoms with van der Waals surface area (Å²) in [6, 6.07) is 6.01. The van der Waals surface area contributed by atoms with Gasteiger partial charge in [-0.2, -0.15) is 0 Å². The second kappa shape index (κ2) is 5.95. The number of rotatable bonds is 5. The maximum Gasteiger partial charge on any atom is 0.238 e. The fraction of sp³-hybridized carbons (Fsp3) is 0.462. The van der Waals surface area contributed by atoms with Gasteiger partial charge < -0.3 is 15.8 Å². The van der Waals surface area contributed by atoms with Crippen LogP contribution in [0.1, 0.15) is 11.1 Å². The monoisotopic (exact) mass is 249 g/mol. The van der Waals surface area contributed by atoms with Gasteiger partial charge in [-0.15, -0.1) is 0 Å². The SMILES string of the molecule is COCCN1Cc2ccc(NC(=O)CN)cc2C1. The highest BCUT2D eigenvalue weighted by Gasteiger charge is 2.18. The van der Waals surface area contributed by atoms with Crippen LogP contribution in [0.3, 0.4) is 0 Å². The molecule has 0 saturated carbocycles. The molecule has 0 unspecified atom stereocenters. The van der Waals surface area contributed by atoms with Crippen molar-refractivity contribution in [2.45, 2.75) is 13.1 Å². The topological polar surface area (TPSA) is 67.6 Å². The van der Waals surface area contributed by atoms with Crippen LogP contribution in [0.2, 0.25) is 0 Å². The van der Waals surface area contributed by atoms with Gasteiger partial charge in [0, 0.05) is 32.4 Å². The van der Waals surface area contributed by atoms with Crippen molar-refractivity contribution < 1.29 is 9.53 Å². The summed E-state index contributed by atoms with van der Waals surface area (Å²) in [5.74, 6) is -0.163. The lowest BCUT2D eigenvalue weighted by molar-refractivity contribution is -0.114. The quantitative estimate of drug-likeness (QED) is 0.799. The van der Waals surface area contributed by atoms with Crippen LogP contribution in [0.5, 0.6) is 0 Å². The first-order valence-electron chi connectivity index (χ1n) is 6.06. The van der Waals surface area contributed by atoms with Crippen molar-refractivity contribution in [3.05, 3.63) is 29.3 Å². The van der Waals surface area contributed by atoms with Gasteiger partial charge >= 0.3 is 0 Å². The maximum absolute atomic E-state index is 11.2. The lowest BCUT2D eigenvalue weighted by Crippen LogP contribution is -2.22. The van der Waals surface area contributed by atoms with Crippen molar-refractivity contribution in [2.24, 2.45) is 5.73 Å². The Bertz CT molecular complexity index is 434. The van der Waals surface area contributed by atoms with Crippen LogP contribution < -0.4 is 11.1 Å². The van der Waals surface area contributed by atoms with E-state index in [2.05, 4.69) is 16.3 Å². The van der Waals surface area contributed by atoms with Crippen molar-refractivity contribution in [1.29, 1.82) is 0 Å². The van der Waals surface area contributed by atoms with Crippen molar-refractivity contribution in [3.8, 4) is 0 Å². The molecule has 0 atom stereocenters. The second-order valence-electron chi connectivity index (χ2n) is 4.44. The Kier molecular flexibility index (Phi) is 4.30. The van der Waals surface area contributed by atoms with Crippen molar-refractivity contribution >= 4 is 11.6 Å². The fourth-order valence-electron chi connectivity index (χ4n) is 2.13. The van der Waals surface area contributed by atoms with E-state index in [-0.39, 0.29) is 12.5 Å². The van der Waals surface area contributed by atoms with Gasteiger partial charge in [-0.3, -0.25) is 9.69 Å². The largest absolute Gasteiger partial charge is 0.383 e. The number of nitrogens with two attached hydrogens (primary N) is 1. The maximum atomic E-state index is 11.2. The summed E-state index contributed by atoms with van der Waals surface area (Å²) in [6.45, 7) is 3.53. The minimum atomic E-state index is -0.163. The highest BCUT2D eigenvalue weighted by atomic mass is 16.5. The molecule has 1 aromatic carbocycles. The molecule has 1 aliphatic rings. The van der Waals surface area contributed by atoms with Gasteiger partial charge in [0.15, 0.2) is 0 Å². The van der Waals surface area contributed by atoms with E-state index in [1.54, 1.807) is 7.11 Å². The molecule has 0 fully saturated rings. The zero-order valence-electron chi connectivity index (χ0n) is 10.6. The highest BCUT2D eigenvalue weighted by molar-refractivity contribution is 5.92. The Labute approximate surface area is 107 Å². The molecule has 2 rings (SSSR count). The molecule has 0 radical (unpaired) electrons. The Morgan fingerprint density at radius 2 is 2.22 bits per heavy atom. The molecule has 1 amide bonds. The first-order chi connectivity index (χ1) is 8.72. The number of ether oxygens (including phenoxy) is 1. The number of fused-ring (bicyclic) bond motifs is 1. The number of hydrogen-bond acceptors (Lipinski definition) is 4. The van der Waals surface area contributed by atoms with Crippen LogP contribution in [0.4, 0.5) is 5.69 Å². The fourth-order valence-corrected chi connectivity index (χ4v) is 2.13. The summed E-state index contributed by atoms with van der Waals surface area (Å²) < 4.78 is 5.08. The summed E-state index contributed by atoms with van der Waals surface area (Å²) in [5, 5.41) is 2.77. The molecule has 0 aliphatic carbocycles. The molecule has 1 heterocycles. The molecule has 1 aromatic rings. The molecule has 18 heavy (non-hydrogen) atoms. The van der Waals surface area contributed by atoms with E-state index in [9.17, 15) is 4.79 Å². The molecular weight excluding hydrogens is 230 g/mol. The third-order valence-electron chi connectivity index (χ3n) is 3.07. The Morgan fingerprint density at radius 1 is 1.44 bits per heavy atom. The number of nitrogens with one attached hydrogen (secondary N) is 1. The predicted molar refractivity (Wildman–Crippen MR) is 70.1 cm³/mol. The number of nitrogens with zero attached hydrogens (tertiary/aromatic N) is 1. The molecule has 0 bridgehead atoms. The van der Waals surface area contributed by atoms with Gasteiger partial charge in [0.05, 0.1) is 13.2 Å². The molecule has 3 N–H and O–H groups in total. The average Bonchev–Trinajstić information content (AvgIpc) is 2.78. The number of benzene rings is 1. The smallest absolute Gasteiger partial charge is 0.238 e. The molecule has 5 nitrogen and oxygen atoms in total. The van der Waals surface area contributed by atoms with E-state index in [0.717, 1.165) is 31.9 Å². The molecule has 0 aromatic heterocycles. The van der Waals surface area contributed by atoms with Gasteiger partial charge in [0.1, 0.15) is 0 Å².